The molecule has 0 aliphatic heterocycles. The van der Waals surface area contributed by atoms with Crippen molar-refractivity contribution in [1.29, 1.82) is 0 Å². The van der Waals surface area contributed by atoms with Gasteiger partial charge >= 0.3 is 0 Å². The lowest BCUT2D eigenvalue weighted by atomic mass is 9.89. The number of aromatic nitrogens is 2. The Morgan fingerprint density at radius 1 is 1.30 bits per heavy atom. The second-order valence-electron chi connectivity index (χ2n) is 5.83. The van der Waals surface area contributed by atoms with Crippen LogP contribution in [0.5, 0.6) is 5.75 Å². The number of hydrogen-bond donors (Lipinski definition) is 1. The monoisotopic (exact) mass is 281 g/mol. The van der Waals surface area contributed by atoms with E-state index in [1.807, 2.05) is 18.8 Å². The van der Waals surface area contributed by atoms with Crippen LogP contribution in [0.2, 0.25) is 0 Å². The van der Waals surface area contributed by atoms with Crippen LogP contribution in [0.3, 0.4) is 0 Å². The molecule has 0 bridgehead atoms. The summed E-state index contributed by atoms with van der Waals surface area (Å²) in [5, 5.41) is 7.93. The van der Waals surface area contributed by atoms with Crippen LogP contribution >= 0.6 is 0 Å². The maximum absolute atomic E-state index is 5.95. The van der Waals surface area contributed by atoms with Crippen LogP contribution in [-0.2, 0) is 4.74 Å². The molecule has 1 aliphatic carbocycles. The third kappa shape index (κ3) is 2.44. The molecule has 5 nitrogen and oxygen atoms in total. The minimum absolute atomic E-state index is 0.0925. The Labute approximate surface area is 121 Å². The smallest absolute Gasteiger partial charge is 0.161 e. The fourth-order valence-corrected chi connectivity index (χ4v) is 3.43. The predicted molar refractivity (Wildman–Crippen MR) is 79.2 cm³/mol. The topological polar surface area (TPSA) is 48.3 Å². The van der Waals surface area contributed by atoms with E-state index in [4.69, 9.17) is 9.47 Å². The van der Waals surface area contributed by atoms with Gasteiger partial charge in [-0.05, 0) is 33.7 Å². The summed E-state index contributed by atoms with van der Waals surface area (Å²) in [6.45, 7) is 4.27. The standard InChI is InChI=1S/C15H27N3O2/c1-11(2)18-13(12(19-4)10-17-18)14(16-3)15(20-5)8-6-7-9-15/h10-11,14,16H,6-9H2,1-5H3. The average Bonchev–Trinajstić information content (AvgIpc) is 3.07. The van der Waals surface area contributed by atoms with Crippen LogP contribution in [0.4, 0.5) is 0 Å². The number of rotatable bonds is 6. The lowest BCUT2D eigenvalue weighted by Crippen LogP contribution is -2.43. The van der Waals surface area contributed by atoms with Gasteiger partial charge in [-0.2, -0.15) is 5.10 Å². The van der Waals surface area contributed by atoms with E-state index >= 15 is 0 Å². The molecular weight excluding hydrogens is 254 g/mol. The van der Waals surface area contributed by atoms with Gasteiger partial charge in [0.05, 0.1) is 24.9 Å². The molecule has 1 saturated carbocycles. The van der Waals surface area contributed by atoms with Crippen LogP contribution in [0.15, 0.2) is 6.20 Å². The third-order valence-electron chi connectivity index (χ3n) is 4.45. The van der Waals surface area contributed by atoms with Crippen molar-refractivity contribution in [1.82, 2.24) is 15.1 Å². The summed E-state index contributed by atoms with van der Waals surface area (Å²) in [7, 11) is 5.51. The van der Waals surface area contributed by atoms with Gasteiger partial charge in [0, 0.05) is 13.2 Å². The van der Waals surface area contributed by atoms with Gasteiger partial charge in [-0.3, -0.25) is 4.68 Å². The molecule has 1 atom stereocenters. The zero-order valence-corrected chi connectivity index (χ0v) is 13.3. The average molecular weight is 281 g/mol. The molecule has 0 radical (unpaired) electrons. The summed E-state index contributed by atoms with van der Waals surface area (Å²) in [4.78, 5) is 0. The van der Waals surface area contributed by atoms with Crippen molar-refractivity contribution >= 4 is 0 Å². The first-order chi connectivity index (χ1) is 9.59. The molecule has 1 aromatic rings. The molecule has 1 heterocycles. The van der Waals surface area contributed by atoms with Crippen molar-refractivity contribution in [3.8, 4) is 5.75 Å². The van der Waals surface area contributed by atoms with Crippen LogP contribution < -0.4 is 10.1 Å². The van der Waals surface area contributed by atoms with Crippen LogP contribution in [0.25, 0.3) is 0 Å². The van der Waals surface area contributed by atoms with Gasteiger partial charge in [0.2, 0.25) is 0 Å². The first-order valence-electron chi connectivity index (χ1n) is 7.43. The summed E-state index contributed by atoms with van der Waals surface area (Å²) in [6, 6.07) is 0.384. The summed E-state index contributed by atoms with van der Waals surface area (Å²) in [5.74, 6) is 0.835. The van der Waals surface area contributed by atoms with E-state index in [1.165, 1.54) is 12.8 Å². The fourth-order valence-electron chi connectivity index (χ4n) is 3.43. The lowest BCUT2D eigenvalue weighted by molar-refractivity contribution is -0.0378. The Kier molecular flexibility index (Phi) is 4.70. The quantitative estimate of drug-likeness (QED) is 0.871. The van der Waals surface area contributed by atoms with E-state index in [9.17, 15) is 0 Å². The zero-order valence-electron chi connectivity index (χ0n) is 13.3. The highest BCUT2D eigenvalue weighted by atomic mass is 16.5. The van der Waals surface area contributed by atoms with Crippen molar-refractivity contribution in [2.24, 2.45) is 0 Å². The number of ether oxygens (including phenoxy) is 2. The summed E-state index contributed by atoms with van der Waals surface area (Å²) in [5.41, 5.74) is 0.933. The maximum atomic E-state index is 5.95. The van der Waals surface area contributed by atoms with Crippen LogP contribution in [-0.4, -0.2) is 36.6 Å². The highest BCUT2D eigenvalue weighted by Crippen LogP contribution is 2.45. The summed E-state index contributed by atoms with van der Waals surface area (Å²) < 4.78 is 13.5. The van der Waals surface area contributed by atoms with Gasteiger partial charge in [-0.25, -0.2) is 0 Å². The van der Waals surface area contributed by atoms with E-state index in [1.54, 1.807) is 13.3 Å². The van der Waals surface area contributed by atoms with E-state index in [-0.39, 0.29) is 11.6 Å². The normalized spacial score (nSPS) is 19.5. The van der Waals surface area contributed by atoms with Gasteiger partial charge in [0.1, 0.15) is 5.69 Å². The van der Waals surface area contributed by atoms with Crippen molar-refractivity contribution in [3.63, 3.8) is 0 Å². The molecule has 1 N–H and O–H groups in total. The van der Waals surface area contributed by atoms with E-state index in [2.05, 4.69) is 24.3 Å². The number of hydrogen-bond acceptors (Lipinski definition) is 4. The second-order valence-corrected chi connectivity index (χ2v) is 5.83. The van der Waals surface area contributed by atoms with E-state index in [0.717, 1.165) is 24.3 Å². The van der Waals surface area contributed by atoms with E-state index in [0.29, 0.717) is 6.04 Å². The molecule has 5 heteroatoms. The molecule has 2 rings (SSSR count). The van der Waals surface area contributed by atoms with Gasteiger partial charge in [-0.1, -0.05) is 12.8 Å². The zero-order chi connectivity index (χ0) is 14.8. The second kappa shape index (κ2) is 6.14. The predicted octanol–water partition coefficient (Wildman–Crippen LogP) is 2.69. The van der Waals surface area contributed by atoms with Crippen LogP contribution in [0.1, 0.15) is 57.3 Å². The van der Waals surface area contributed by atoms with Gasteiger partial charge in [-0.15, -0.1) is 0 Å². The largest absolute Gasteiger partial charge is 0.493 e. The Balaban J connectivity index is 2.48. The Morgan fingerprint density at radius 3 is 2.40 bits per heavy atom. The highest BCUT2D eigenvalue weighted by molar-refractivity contribution is 5.31. The lowest BCUT2D eigenvalue weighted by Gasteiger charge is -2.37. The molecule has 114 valence electrons. The molecule has 0 spiro atoms. The molecule has 0 amide bonds. The minimum atomic E-state index is -0.158. The number of nitrogens with one attached hydrogen (secondary N) is 1. The van der Waals surface area contributed by atoms with Gasteiger partial charge < -0.3 is 14.8 Å². The van der Waals surface area contributed by atoms with Gasteiger partial charge in [0.25, 0.3) is 0 Å². The number of nitrogens with zero attached hydrogens (tertiary/aromatic N) is 2. The van der Waals surface area contributed by atoms with Crippen LogP contribution in [0, 0.1) is 0 Å². The van der Waals surface area contributed by atoms with Crippen molar-refractivity contribution in [2.75, 3.05) is 21.3 Å². The molecule has 0 aromatic carbocycles. The molecular formula is C15H27N3O2. The first kappa shape index (κ1) is 15.3. The molecule has 1 fully saturated rings. The fraction of sp³-hybridized carbons (Fsp3) is 0.800. The molecule has 1 aliphatic rings. The third-order valence-corrected chi connectivity index (χ3v) is 4.45. The highest BCUT2D eigenvalue weighted by Gasteiger charge is 2.44. The molecule has 20 heavy (non-hydrogen) atoms. The van der Waals surface area contributed by atoms with Crippen molar-refractivity contribution in [2.45, 2.75) is 57.2 Å². The number of likely N-dealkylation sites (N-methyl/N-ethyl adjacent to an activating group) is 1. The Bertz CT molecular complexity index is 436. The van der Waals surface area contributed by atoms with Crippen molar-refractivity contribution in [3.05, 3.63) is 11.9 Å². The molecule has 1 unspecified atom stereocenters. The Morgan fingerprint density at radius 2 is 1.95 bits per heavy atom. The minimum Gasteiger partial charge on any atom is -0.493 e. The molecule has 0 saturated heterocycles. The van der Waals surface area contributed by atoms with E-state index < -0.39 is 0 Å². The van der Waals surface area contributed by atoms with Gasteiger partial charge in [0.15, 0.2) is 5.75 Å². The number of methoxy groups -OCH3 is 2. The summed E-state index contributed by atoms with van der Waals surface area (Å²) in [6.07, 6.45) is 6.37. The first-order valence-corrected chi connectivity index (χ1v) is 7.43. The SMILES string of the molecule is CNC(c1c(OC)cnn1C(C)C)C1(OC)CCCC1. The maximum Gasteiger partial charge on any atom is 0.161 e. The Hall–Kier alpha value is -1.07. The van der Waals surface area contributed by atoms with Crippen molar-refractivity contribution < 1.29 is 9.47 Å². The molecule has 1 aromatic heterocycles. The summed E-state index contributed by atoms with van der Waals surface area (Å²) >= 11 is 0.